The first-order chi connectivity index (χ1) is 7.44. The molecule has 1 fully saturated rings. The van der Waals surface area contributed by atoms with Crippen molar-refractivity contribution in [1.29, 1.82) is 0 Å². The molecule has 2 N–H and O–H groups in total. The van der Waals surface area contributed by atoms with Gasteiger partial charge < -0.3 is 10.2 Å². The standard InChI is InChI=1S/C11H10F2O3/c12-7-3-6(14)4-8(13)10(7)11(1-2-11)5-9(15)16/h3-4,14H,1-2,5H2,(H,15,16). The predicted molar refractivity (Wildman–Crippen MR) is 51.2 cm³/mol. The summed E-state index contributed by atoms with van der Waals surface area (Å²) in [6.07, 6.45) is 0.626. The highest BCUT2D eigenvalue weighted by Gasteiger charge is 2.49. The molecule has 0 saturated heterocycles. The molecular weight excluding hydrogens is 218 g/mol. The molecule has 0 unspecified atom stereocenters. The summed E-state index contributed by atoms with van der Waals surface area (Å²) in [5, 5.41) is 17.7. The lowest BCUT2D eigenvalue weighted by atomic mass is 9.91. The number of carboxylic acids is 1. The third-order valence-electron chi connectivity index (χ3n) is 2.90. The van der Waals surface area contributed by atoms with Crippen molar-refractivity contribution >= 4 is 5.97 Å². The molecule has 2 rings (SSSR count). The molecular formula is C11H10F2O3. The molecule has 0 bridgehead atoms. The third kappa shape index (κ3) is 1.73. The van der Waals surface area contributed by atoms with Crippen LogP contribution in [0.4, 0.5) is 8.78 Å². The van der Waals surface area contributed by atoms with Crippen molar-refractivity contribution in [2.75, 3.05) is 0 Å². The molecule has 1 aliphatic rings. The smallest absolute Gasteiger partial charge is 0.304 e. The lowest BCUT2D eigenvalue weighted by Crippen LogP contribution is -2.16. The zero-order valence-corrected chi connectivity index (χ0v) is 8.33. The molecule has 86 valence electrons. The van der Waals surface area contributed by atoms with Gasteiger partial charge in [-0.1, -0.05) is 0 Å². The molecule has 0 atom stereocenters. The molecule has 0 aromatic heterocycles. The topological polar surface area (TPSA) is 57.5 Å². The van der Waals surface area contributed by atoms with Crippen LogP contribution in [0.15, 0.2) is 12.1 Å². The fourth-order valence-electron chi connectivity index (χ4n) is 2.02. The van der Waals surface area contributed by atoms with Crippen LogP contribution < -0.4 is 0 Å². The Kier molecular flexibility index (Phi) is 2.33. The number of carbonyl (C=O) groups is 1. The van der Waals surface area contributed by atoms with Crippen molar-refractivity contribution in [1.82, 2.24) is 0 Å². The summed E-state index contributed by atoms with van der Waals surface area (Å²) in [6, 6.07) is 1.61. The van der Waals surface area contributed by atoms with Crippen molar-refractivity contribution in [3.63, 3.8) is 0 Å². The van der Waals surface area contributed by atoms with Crippen LogP contribution in [0, 0.1) is 11.6 Å². The molecule has 1 aromatic rings. The van der Waals surface area contributed by atoms with Gasteiger partial charge in [-0.15, -0.1) is 0 Å². The van der Waals surface area contributed by atoms with Gasteiger partial charge in [0.05, 0.1) is 6.42 Å². The minimum absolute atomic E-state index is 0.215. The Balaban J connectivity index is 2.44. The van der Waals surface area contributed by atoms with Crippen molar-refractivity contribution < 1.29 is 23.8 Å². The fraction of sp³-hybridized carbons (Fsp3) is 0.364. The van der Waals surface area contributed by atoms with Crippen LogP contribution in [0.3, 0.4) is 0 Å². The van der Waals surface area contributed by atoms with Crippen molar-refractivity contribution in [3.8, 4) is 5.75 Å². The van der Waals surface area contributed by atoms with Gasteiger partial charge in [-0.25, -0.2) is 8.78 Å². The summed E-state index contributed by atoms with van der Waals surface area (Å²) in [6.45, 7) is 0. The lowest BCUT2D eigenvalue weighted by molar-refractivity contribution is -0.137. The Hall–Kier alpha value is -1.65. The highest BCUT2D eigenvalue weighted by Crippen LogP contribution is 2.53. The van der Waals surface area contributed by atoms with E-state index in [2.05, 4.69) is 0 Å². The summed E-state index contributed by atoms with van der Waals surface area (Å²) in [5.74, 6) is -3.33. The molecule has 0 heterocycles. The van der Waals surface area contributed by atoms with E-state index in [1.807, 2.05) is 0 Å². The van der Waals surface area contributed by atoms with Gasteiger partial charge in [0.25, 0.3) is 0 Å². The van der Waals surface area contributed by atoms with E-state index in [-0.39, 0.29) is 12.0 Å². The largest absolute Gasteiger partial charge is 0.508 e. The second-order valence-electron chi connectivity index (χ2n) is 4.14. The van der Waals surface area contributed by atoms with E-state index in [0.717, 1.165) is 12.1 Å². The van der Waals surface area contributed by atoms with Crippen LogP contribution in [0.25, 0.3) is 0 Å². The molecule has 0 aliphatic heterocycles. The zero-order chi connectivity index (χ0) is 11.9. The molecule has 5 heteroatoms. The number of rotatable bonds is 3. The SMILES string of the molecule is O=C(O)CC1(c2c(F)cc(O)cc2F)CC1. The Morgan fingerprint density at radius 3 is 2.19 bits per heavy atom. The van der Waals surface area contributed by atoms with Crippen molar-refractivity contribution in [3.05, 3.63) is 29.3 Å². The first-order valence-corrected chi connectivity index (χ1v) is 4.85. The van der Waals surface area contributed by atoms with Gasteiger partial charge in [0, 0.05) is 23.1 Å². The van der Waals surface area contributed by atoms with Crippen LogP contribution in [-0.2, 0) is 10.2 Å². The Morgan fingerprint density at radius 1 is 1.31 bits per heavy atom. The number of benzene rings is 1. The lowest BCUT2D eigenvalue weighted by Gasteiger charge is -2.15. The molecule has 1 aliphatic carbocycles. The molecule has 3 nitrogen and oxygen atoms in total. The fourth-order valence-corrected chi connectivity index (χ4v) is 2.02. The normalized spacial score (nSPS) is 17.1. The minimum Gasteiger partial charge on any atom is -0.508 e. The van der Waals surface area contributed by atoms with E-state index < -0.39 is 28.8 Å². The zero-order valence-electron chi connectivity index (χ0n) is 8.33. The van der Waals surface area contributed by atoms with Crippen LogP contribution in [0.5, 0.6) is 5.75 Å². The van der Waals surface area contributed by atoms with Crippen LogP contribution in [0.2, 0.25) is 0 Å². The first kappa shape index (κ1) is 10.9. The second-order valence-corrected chi connectivity index (χ2v) is 4.14. The molecule has 1 saturated carbocycles. The minimum atomic E-state index is -1.08. The number of phenolic OH excluding ortho intramolecular Hbond substituents is 1. The summed E-state index contributed by atoms with van der Waals surface area (Å²) >= 11 is 0. The molecule has 0 radical (unpaired) electrons. The monoisotopic (exact) mass is 228 g/mol. The van der Waals surface area contributed by atoms with Crippen LogP contribution >= 0.6 is 0 Å². The highest BCUT2D eigenvalue weighted by atomic mass is 19.1. The van der Waals surface area contributed by atoms with Gasteiger partial charge in [-0.3, -0.25) is 4.79 Å². The first-order valence-electron chi connectivity index (χ1n) is 4.85. The molecule has 16 heavy (non-hydrogen) atoms. The molecule has 0 spiro atoms. The van der Waals surface area contributed by atoms with E-state index in [0.29, 0.717) is 12.8 Å². The summed E-state index contributed by atoms with van der Waals surface area (Å²) in [7, 11) is 0. The quantitative estimate of drug-likeness (QED) is 0.833. The van der Waals surface area contributed by atoms with Gasteiger partial charge in [-0.2, -0.15) is 0 Å². The van der Waals surface area contributed by atoms with E-state index in [4.69, 9.17) is 10.2 Å². The Bertz CT molecular complexity index is 430. The van der Waals surface area contributed by atoms with Crippen molar-refractivity contribution in [2.45, 2.75) is 24.7 Å². The number of aromatic hydroxyl groups is 1. The number of carboxylic acid groups (broad SMARTS) is 1. The van der Waals surface area contributed by atoms with E-state index >= 15 is 0 Å². The maximum atomic E-state index is 13.5. The average Bonchev–Trinajstić information content (AvgIpc) is 2.81. The van der Waals surface area contributed by atoms with E-state index in [9.17, 15) is 13.6 Å². The van der Waals surface area contributed by atoms with Crippen LogP contribution in [-0.4, -0.2) is 16.2 Å². The second kappa shape index (κ2) is 3.43. The maximum Gasteiger partial charge on any atom is 0.304 e. The Morgan fingerprint density at radius 2 is 1.81 bits per heavy atom. The number of hydrogen-bond acceptors (Lipinski definition) is 2. The number of phenols is 1. The molecule has 1 aromatic carbocycles. The van der Waals surface area contributed by atoms with E-state index in [1.165, 1.54) is 0 Å². The molecule has 0 amide bonds. The predicted octanol–water partition coefficient (Wildman–Crippen LogP) is 2.18. The van der Waals surface area contributed by atoms with Gasteiger partial charge in [0.15, 0.2) is 0 Å². The van der Waals surface area contributed by atoms with Gasteiger partial charge in [-0.05, 0) is 12.8 Å². The summed E-state index contributed by atoms with van der Waals surface area (Å²) in [4.78, 5) is 10.6. The van der Waals surface area contributed by atoms with Gasteiger partial charge in [0.1, 0.15) is 17.4 Å². The highest BCUT2D eigenvalue weighted by molar-refractivity contribution is 5.70. The average molecular weight is 228 g/mol. The summed E-state index contributed by atoms with van der Waals surface area (Å²) in [5.41, 5.74) is -1.14. The van der Waals surface area contributed by atoms with Gasteiger partial charge >= 0.3 is 5.97 Å². The number of hydrogen-bond donors (Lipinski definition) is 2. The van der Waals surface area contributed by atoms with E-state index in [1.54, 1.807) is 0 Å². The van der Waals surface area contributed by atoms with Gasteiger partial charge in [0.2, 0.25) is 0 Å². The van der Waals surface area contributed by atoms with Crippen molar-refractivity contribution in [2.24, 2.45) is 0 Å². The number of aliphatic carboxylic acids is 1. The third-order valence-corrected chi connectivity index (χ3v) is 2.90. The maximum absolute atomic E-state index is 13.5. The van der Waals surface area contributed by atoms with Crippen LogP contribution in [0.1, 0.15) is 24.8 Å². The summed E-state index contributed by atoms with van der Waals surface area (Å²) < 4.78 is 27.0. The Labute approximate surface area is 90.3 Å². The number of halogens is 2.